The van der Waals surface area contributed by atoms with Crippen LogP contribution in [-0.4, -0.2) is 42.6 Å². The van der Waals surface area contributed by atoms with E-state index in [4.69, 9.17) is 14.2 Å². The van der Waals surface area contributed by atoms with Crippen LogP contribution >= 0.6 is 0 Å². The lowest BCUT2D eigenvalue weighted by Gasteiger charge is -2.30. The number of methoxy groups -OCH3 is 1. The molecule has 0 spiro atoms. The maximum Gasteiger partial charge on any atom is 0.351 e. The Morgan fingerprint density at radius 3 is 2.69 bits per heavy atom. The number of ketones is 1. The molecule has 1 heterocycles. The monoisotopic (exact) mass is 228 g/mol. The molecule has 0 radical (unpaired) electrons. The highest BCUT2D eigenvalue weighted by atomic mass is 16.6. The number of fused-ring (bicyclic) bond motifs is 2. The summed E-state index contributed by atoms with van der Waals surface area (Å²) in [5.41, 5.74) is -1.33. The minimum Gasteiger partial charge on any atom is -0.451 e. The summed E-state index contributed by atoms with van der Waals surface area (Å²) >= 11 is 0. The van der Waals surface area contributed by atoms with Crippen molar-refractivity contribution in [3.8, 4) is 0 Å². The van der Waals surface area contributed by atoms with Crippen LogP contribution in [0.3, 0.4) is 0 Å². The van der Waals surface area contributed by atoms with E-state index in [9.17, 15) is 14.4 Å². The third-order valence-corrected chi connectivity index (χ3v) is 2.91. The van der Waals surface area contributed by atoms with Crippen LogP contribution in [0.5, 0.6) is 0 Å². The fourth-order valence-corrected chi connectivity index (χ4v) is 2.19. The summed E-state index contributed by atoms with van der Waals surface area (Å²) in [6, 6.07) is 0. The number of rotatable bonds is 2. The number of hydrogen-bond donors (Lipinski definition) is 0. The van der Waals surface area contributed by atoms with Crippen LogP contribution < -0.4 is 0 Å². The summed E-state index contributed by atoms with van der Waals surface area (Å²) in [5.74, 6) is -1.49. The number of ether oxygens (including phenoxy) is 3. The van der Waals surface area contributed by atoms with Crippen molar-refractivity contribution in [1.29, 1.82) is 0 Å². The van der Waals surface area contributed by atoms with E-state index in [0.717, 1.165) is 0 Å². The Balaban J connectivity index is 2.28. The van der Waals surface area contributed by atoms with E-state index in [1.807, 2.05) is 0 Å². The standard InChI is InChI=1S/C10H12O6/c1-5(11)16-10-3-6(14-2)8(12)7(4-10)15-9(10)13/h6-7H,3-4H2,1-2H3. The average Bonchev–Trinajstić information content (AvgIpc) is 2.47. The Labute approximate surface area is 91.8 Å². The first kappa shape index (κ1) is 11.1. The molecule has 2 bridgehead atoms. The van der Waals surface area contributed by atoms with Crippen molar-refractivity contribution in [1.82, 2.24) is 0 Å². The molecule has 1 saturated carbocycles. The van der Waals surface area contributed by atoms with Gasteiger partial charge < -0.3 is 14.2 Å². The van der Waals surface area contributed by atoms with E-state index < -0.39 is 29.7 Å². The van der Waals surface area contributed by atoms with E-state index in [2.05, 4.69) is 0 Å². The van der Waals surface area contributed by atoms with Crippen LogP contribution in [0, 0.1) is 0 Å². The largest absolute Gasteiger partial charge is 0.451 e. The summed E-state index contributed by atoms with van der Waals surface area (Å²) < 4.78 is 14.9. The minimum atomic E-state index is -1.33. The van der Waals surface area contributed by atoms with Gasteiger partial charge in [0.15, 0.2) is 6.10 Å². The Kier molecular flexibility index (Phi) is 2.46. The van der Waals surface area contributed by atoms with Gasteiger partial charge in [0.05, 0.1) is 0 Å². The minimum absolute atomic E-state index is 0.0389. The van der Waals surface area contributed by atoms with E-state index >= 15 is 0 Å². The quantitative estimate of drug-likeness (QED) is 0.598. The lowest BCUT2D eigenvalue weighted by Crippen LogP contribution is -2.49. The predicted molar refractivity (Wildman–Crippen MR) is 49.4 cm³/mol. The number of hydrogen-bond acceptors (Lipinski definition) is 6. The normalized spacial score (nSPS) is 37.1. The second kappa shape index (κ2) is 3.55. The Morgan fingerprint density at radius 1 is 1.44 bits per heavy atom. The lowest BCUT2D eigenvalue weighted by atomic mass is 9.83. The number of carbonyl (C=O) groups is 3. The third-order valence-electron chi connectivity index (χ3n) is 2.91. The topological polar surface area (TPSA) is 78.9 Å². The van der Waals surface area contributed by atoms with Crippen molar-refractivity contribution >= 4 is 17.7 Å². The second-order valence-electron chi connectivity index (χ2n) is 4.02. The van der Waals surface area contributed by atoms with Gasteiger partial charge in [-0.05, 0) is 0 Å². The van der Waals surface area contributed by atoms with Crippen LogP contribution in [0.2, 0.25) is 0 Å². The van der Waals surface area contributed by atoms with Gasteiger partial charge in [-0.3, -0.25) is 9.59 Å². The van der Waals surface area contributed by atoms with Gasteiger partial charge in [-0.25, -0.2) is 4.79 Å². The molecular weight excluding hydrogens is 216 g/mol. The van der Waals surface area contributed by atoms with Crippen LogP contribution in [0.4, 0.5) is 0 Å². The summed E-state index contributed by atoms with van der Waals surface area (Å²) in [7, 11) is 1.37. The zero-order chi connectivity index (χ0) is 11.9. The van der Waals surface area contributed by atoms with Crippen molar-refractivity contribution in [2.75, 3.05) is 7.11 Å². The van der Waals surface area contributed by atoms with Gasteiger partial charge >= 0.3 is 11.9 Å². The van der Waals surface area contributed by atoms with Crippen LogP contribution in [0.1, 0.15) is 19.8 Å². The maximum absolute atomic E-state index is 11.6. The summed E-state index contributed by atoms with van der Waals surface area (Å²) in [6.45, 7) is 1.22. The van der Waals surface area contributed by atoms with E-state index in [1.165, 1.54) is 14.0 Å². The highest BCUT2D eigenvalue weighted by molar-refractivity contribution is 5.98. The molecule has 0 aromatic rings. The van der Waals surface area contributed by atoms with Crippen molar-refractivity contribution < 1.29 is 28.6 Å². The van der Waals surface area contributed by atoms with Gasteiger partial charge in [0.2, 0.25) is 11.4 Å². The second-order valence-corrected chi connectivity index (χ2v) is 4.02. The van der Waals surface area contributed by atoms with Crippen LogP contribution in [-0.2, 0) is 28.6 Å². The van der Waals surface area contributed by atoms with Gasteiger partial charge in [0.25, 0.3) is 0 Å². The molecule has 0 N–H and O–H groups in total. The van der Waals surface area contributed by atoms with Crippen molar-refractivity contribution in [2.45, 2.75) is 37.6 Å². The van der Waals surface area contributed by atoms with E-state index in [1.54, 1.807) is 0 Å². The van der Waals surface area contributed by atoms with E-state index in [0.29, 0.717) is 0 Å². The summed E-state index contributed by atoms with van der Waals surface area (Å²) in [4.78, 5) is 34.2. The van der Waals surface area contributed by atoms with Gasteiger partial charge in [0.1, 0.15) is 6.10 Å². The zero-order valence-corrected chi connectivity index (χ0v) is 9.02. The molecule has 0 aromatic heterocycles. The molecule has 16 heavy (non-hydrogen) atoms. The highest BCUT2D eigenvalue weighted by Crippen LogP contribution is 2.40. The first-order valence-electron chi connectivity index (χ1n) is 4.96. The number of esters is 2. The molecule has 2 rings (SSSR count). The molecule has 6 nitrogen and oxygen atoms in total. The Morgan fingerprint density at radius 2 is 2.12 bits per heavy atom. The van der Waals surface area contributed by atoms with Gasteiger partial charge in [-0.2, -0.15) is 0 Å². The van der Waals surface area contributed by atoms with Crippen molar-refractivity contribution in [3.05, 3.63) is 0 Å². The van der Waals surface area contributed by atoms with Gasteiger partial charge in [-0.15, -0.1) is 0 Å². The number of Topliss-reactive ketones (excluding diaryl/α,β-unsaturated/α-hetero) is 1. The highest BCUT2D eigenvalue weighted by Gasteiger charge is 2.61. The fraction of sp³-hybridized carbons (Fsp3) is 0.700. The Bertz CT molecular complexity index is 362. The number of carbonyl (C=O) groups excluding carboxylic acids is 3. The van der Waals surface area contributed by atoms with Crippen molar-refractivity contribution in [3.63, 3.8) is 0 Å². The van der Waals surface area contributed by atoms with Crippen molar-refractivity contribution in [2.24, 2.45) is 0 Å². The molecular formula is C10H12O6. The van der Waals surface area contributed by atoms with Gasteiger partial charge in [-0.1, -0.05) is 0 Å². The molecule has 1 saturated heterocycles. The van der Waals surface area contributed by atoms with Crippen LogP contribution in [0.25, 0.3) is 0 Å². The Hall–Kier alpha value is -1.43. The molecule has 0 amide bonds. The molecule has 1 aliphatic heterocycles. The SMILES string of the molecule is COC1CC2(OC(C)=O)CC(OC2=O)C1=O. The molecule has 6 heteroatoms. The first-order chi connectivity index (χ1) is 7.48. The molecule has 0 aromatic carbocycles. The average molecular weight is 228 g/mol. The molecule has 3 atom stereocenters. The zero-order valence-electron chi connectivity index (χ0n) is 9.02. The fourth-order valence-electron chi connectivity index (χ4n) is 2.19. The summed E-state index contributed by atoms with van der Waals surface area (Å²) in [5, 5.41) is 0. The predicted octanol–water partition coefficient (Wildman–Crippen LogP) is -0.408. The molecule has 88 valence electrons. The van der Waals surface area contributed by atoms with Crippen LogP contribution in [0.15, 0.2) is 0 Å². The molecule has 2 aliphatic rings. The molecule has 3 unspecified atom stereocenters. The summed E-state index contributed by atoms with van der Waals surface area (Å²) in [6.07, 6.45) is -1.45. The van der Waals surface area contributed by atoms with Gasteiger partial charge in [0, 0.05) is 26.9 Å². The maximum atomic E-state index is 11.6. The smallest absolute Gasteiger partial charge is 0.351 e. The lowest BCUT2D eigenvalue weighted by molar-refractivity contribution is -0.174. The molecule has 2 fully saturated rings. The first-order valence-corrected chi connectivity index (χ1v) is 4.96. The van der Waals surface area contributed by atoms with E-state index in [-0.39, 0.29) is 18.6 Å². The third kappa shape index (κ3) is 1.49. The molecule has 1 aliphatic carbocycles.